The Hall–Kier alpha value is -3.12. The van der Waals surface area contributed by atoms with Gasteiger partial charge < -0.3 is 19.7 Å². The third kappa shape index (κ3) is 5.02. The molecule has 1 aliphatic heterocycles. The highest BCUT2D eigenvalue weighted by Crippen LogP contribution is 2.33. The molecule has 180 valence electrons. The van der Waals surface area contributed by atoms with Crippen LogP contribution in [0.4, 0.5) is 10.1 Å². The van der Waals surface area contributed by atoms with Crippen molar-refractivity contribution in [3.05, 3.63) is 88.5 Å². The Morgan fingerprint density at radius 2 is 1.65 bits per heavy atom. The van der Waals surface area contributed by atoms with Gasteiger partial charge in [-0.15, -0.1) is 0 Å². The summed E-state index contributed by atoms with van der Waals surface area (Å²) >= 11 is 0. The quantitative estimate of drug-likeness (QED) is 0.542. The van der Waals surface area contributed by atoms with E-state index >= 15 is 0 Å². The van der Waals surface area contributed by atoms with Crippen LogP contribution in [0.5, 0.6) is 0 Å². The van der Waals surface area contributed by atoms with Gasteiger partial charge in [-0.3, -0.25) is 4.79 Å². The average molecular weight is 463 g/mol. The molecular formula is C28H35FN4O. The normalized spacial score (nSPS) is 15.4. The van der Waals surface area contributed by atoms with E-state index in [-0.39, 0.29) is 17.8 Å². The zero-order chi connectivity index (χ0) is 24.2. The summed E-state index contributed by atoms with van der Waals surface area (Å²) in [5, 5.41) is 3.20. The SMILES string of the molecule is CCN1CCN(c2c(C)c(C(=O)N[C@H](C)c3ccccc3)n(Cc3ccc(F)cc3)c2C)CC1. The minimum Gasteiger partial charge on any atom is -0.367 e. The standard InChI is InChI=1S/C28H35FN4O/c1-5-31-15-17-32(18-16-31)26-20(2)27(28(34)30-21(3)24-9-7-6-8-10-24)33(22(26)4)19-23-11-13-25(29)14-12-23/h6-14,21H,5,15-19H2,1-4H3,(H,30,34)/t21-/m1/s1. The maximum Gasteiger partial charge on any atom is 0.268 e. The van der Waals surface area contributed by atoms with E-state index in [2.05, 4.69) is 40.5 Å². The molecule has 1 saturated heterocycles. The molecule has 0 spiro atoms. The fourth-order valence-corrected chi connectivity index (χ4v) is 4.99. The van der Waals surface area contributed by atoms with Crippen molar-refractivity contribution in [2.24, 2.45) is 0 Å². The van der Waals surface area contributed by atoms with E-state index in [4.69, 9.17) is 0 Å². The lowest BCUT2D eigenvalue weighted by Crippen LogP contribution is -2.46. The Morgan fingerprint density at radius 1 is 1.00 bits per heavy atom. The third-order valence-electron chi connectivity index (χ3n) is 6.98. The summed E-state index contributed by atoms with van der Waals surface area (Å²) in [5.74, 6) is -0.342. The van der Waals surface area contributed by atoms with Gasteiger partial charge in [-0.25, -0.2) is 4.39 Å². The predicted octanol–water partition coefficient (Wildman–Crippen LogP) is 4.93. The molecule has 1 fully saturated rings. The maximum atomic E-state index is 13.6. The number of likely N-dealkylation sites (N-methyl/N-ethyl adjacent to an activating group) is 1. The number of carbonyl (C=O) groups is 1. The summed E-state index contributed by atoms with van der Waals surface area (Å²) < 4.78 is 15.6. The molecule has 6 heteroatoms. The topological polar surface area (TPSA) is 40.5 Å². The number of hydrogen-bond donors (Lipinski definition) is 1. The van der Waals surface area contributed by atoms with E-state index in [1.807, 2.05) is 37.3 Å². The Morgan fingerprint density at radius 3 is 2.26 bits per heavy atom. The number of hydrogen-bond acceptors (Lipinski definition) is 3. The molecule has 1 N–H and O–H groups in total. The van der Waals surface area contributed by atoms with E-state index in [9.17, 15) is 9.18 Å². The van der Waals surface area contributed by atoms with Gasteiger partial charge in [-0.05, 0) is 50.6 Å². The van der Waals surface area contributed by atoms with Crippen LogP contribution in [0.15, 0.2) is 54.6 Å². The highest BCUT2D eigenvalue weighted by Gasteiger charge is 2.28. The van der Waals surface area contributed by atoms with Crippen molar-refractivity contribution in [1.29, 1.82) is 0 Å². The molecule has 4 rings (SSSR count). The van der Waals surface area contributed by atoms with Crippen LogP contribution >= 0.6 is 0 Å². The van der Waals surface area contributed by atoms with Gasteiger partial charge in [0.15, 0.2) is 0 Å². The number of carbonyl (C=O) groups excluding carboxylic acids is 1. The van der Waals surface area contributed by atoms with Crippen LogP contribution in [0.1, 0.15) is 52.8 Å². The molecule has 1 amide bonds. The molecule has 1 aliphatic rings. The predicted molar refractivity (Wildman–Crippen MR) is 136 cm³/mol. The number of aromatic nitrogens is 1. The first kappa shape index (κ1) is 24.0. The van der Waals surface area contributed by atoms with Crippen molar-refractivity contribution in [3.8, 4) is 0 Å². The van der Waals surface area contributed by atoms with Crippen molar-refractivity contribution >= 4 is 11.6 Å². The van der Waals surface area contributed by atoms with Crippen LogP contribution in [-0.4, -0.2) is 48.1 Å². The van der Waals surface area contributed by atoms with E-state index in [0.717, 1.165) is 60.8 Å². The number of rotatable bonds is 7. The van der Waals surface area contributed by atoms with Crippen LogP contribution in [0.2, 0.25) is 0 Å². The summed E-state index contributed by atoms with van der Waals surface area (Å²) in [6.07, 6.45) is 0. The largest absolute Gasteiger partial charge is 0.367 e. The molecule has 1 aromatic heterocycles. The zero-order valence-electron chi connectivity index (χ0n) is 20.6. The molecular weight excluding hydrogens is 427 g/mol. The minimum atomic E-state index is -0.256. The minimum absolute atomic E-state index is 0.0856. The van der Waals surface area contributed by atoms with E-state index in [1.165, 1.54) is 12.1 Å². The molecule has 1 atom stereocenters. The number of anilines is 1. The summed E-state index contributed by atoms with van der Waals surface area (Å²) in [7, 11) is 0. The molecule has 0 radical (unpaired) electrons. The average Bonchev–Trinajstić information content (AvgIpc) is 3.10. The fraction of sp³-hybridized carbons (Fsp3) is 0.393. The van der Waals surface area contributed by atoms with Gasteiger partial charge >= 0.3 is 0 Å². The summed E-state index contributed by atoms with van der Waals surface area (Å²) in [6.45, 7) is 13.8. The van der Waals surface area contributed by atoms with E-state index < -0.39 is 0 Å². The Bertz CT molecular complexity index is 1120. The van der Waals surface area contributed by atoms with Crippen molar-refractivity contribution in [2.45, 2.75) is 40.3 Å². The molecule has 34 heavy (non-hydrogen) atoms. The summed E-state index contributed by atoms with van der Waals surface area (Å²) in [5.41, 5.74) is 5.93. The number of piperazine rings is 1. The van der Waals surface area contributed by atoms with Crippen molar-refractivity contribution in [3.63, 3.8) is 0 Å². The van der Waals surface area contributed by atoms with Gasteiger partial charge in [0.25, 0.3) is 5.91 Å². The highest BCUT2D eigenvalue weighted by molar-refractivity contribution is 5.97. The first-order valence-electron chi connectivity index (χ1n) is 12.2. The van der Waals surface area contributed by atoms with Crippen LogP contribution in [0.3, 0.4) is 0 Å². The Kier molecular flexibility index (Phi) is 7.37. The Labute approximate surface area is 202 Å². The van der Waals surface area contributed by atoms with E-state index in [1.54, 1.807) is 12.1 Å². The zero-order valence-corrected chi connectivity index (χ0v) is 20.6. The van der Waals surface area contributed by atoms with Gasteiger partial charge in [0.2, 0.25) is 0 Å². The van der Waals surface area contributed by atoms with Crippen LogP contribution in [0.25, 0.3) is 0 Å². The van der Waals surface area contributed by atoms with Crippen LogP contribution in [0, 0.1) is 19.7 Å². The maximum absolute atomic E-state index is 13.6. The fourth-order valence-electron chi connectivity index (χ4n) is 4.99. The monoisotopic (exact) mass is 462 g/mol. The van der Waals surface area contributed by atoms with Gasteiger partial charge in [0.1, 0.15) is 11.5 Å². The first-order chi connectivity index (χ1) is 16.4. The molecule has 0 aliphatic carbocycles. The second kappa shape index (κ2) is 10.4. The lowest BCUT2D eigenvalue weighted by Gasteiger charge is -2.36. The molecule has 5 nitrogen and oxygen atoms in total. The van der Waals surface area contributed by atoms with Gasteiger partial charge in [0, 0.05) is 44.0 Å². The number of nitrogens with one attached hydrogen (secondary N) is 1. The van der Waals surface area contributed by atoms with E-state index in [0.29, 0.717) is 12.2 Å². The Balaban J connectivity index is 1.69. The van der Waals surface area contributed by atoms with Crippen LogP contribution in [-0.2, 0) is 6.54 Å². The second-order valence-corrected chi connectivity index (χ2v) is 9.15. The third-order valence-corrected chi connectivity index (χ3v) is 6.98. The number of benzene rings is 2. The molecule has 0 unspecified atom stereocenters. The first-order valence-corrected chi connectivity index (χ1v) is 12.2. The number of nitrogens with zero attached hydrogens (tertiary/aromatic N) is 3. The summed E-state index contributed by atoms with van der Waals surface area (Å²) in [6, 6.07) is 16.4. The highest BCUT2D eigenvalue weighted by atomic mass is 19.1. The molecule has 0 saturated carbocycles. The van der Waals surface area contributed by atoms with Crippen LogP contribution < -0.4 is 10.2 Å². The van der Waals surface area contributed by atoms with Crippen molar-refractivity contribution < 1.29 is 9.18 Å². The molecule has 3 aromatic rings. The van der Waals surface area contributed by atoms with Gasteiger partial charge in [-0.1, -0.05) is 49.4 Å². The molecule has 2 aromatic carbocycles. The lowest BCUT2D eigenvalue weighted by atomic mass is 10.1. The van der Waals surface area contributed by atoms with Gasteiger partial charge in [-0.2, -0.15) is 0 Å². The second-order valence-electron chi connectivity index (χ2n) is 9.15. The number of amides is 1. The van der Waals surface area contributed by atoms with Crippen molar-refractivity contribution in [2.75, 3.05) is 37.6 Å². The smallest absolute Gasteiger partial charge is 0.268 e. The van der Waals surface area contributed by atoms with Crippen molar-refractivity contribution in [1.82, 2.24) is 14.8 Å². The molecule has 2 heterocycles. The molecule has 0 bridgehead atoms. The number of halogens is 1. The lowest BCUT2D eigenvalue weighted by molar-refractivity contribution is 0.0930. The summed E-state index contributed by atoms with van der Waals surface area (Å²) in [4.78, 5) is 18.5. The van der Waals surface area contributed by atoms with Gasteiger partial charge in [0.05, 0.1) is 11.7 Å².